The third-order valence-electron chi connectivity index (χ3n) is 7.88. The van der Waals surface area contributed by atoms with Crippen LogP contribution in [0.5, 0.6) is 0 Å². The first kappa shape index (κ1) is 29.4. The molecule has 0 bridgehead atoms. The molecule has 3 rings (SSSR count). The van der Waals surface area contributed by atoms with Crippen LogP contribution in [0.25, 0.3) is 6.08 Å². The Morgan fingerprint density at radius 2 is 2.05 bits per heavy atom. The fourth-order valence-electron chi connectivity index (χ4n) is 5.04. The van der Waals surface area contributed by atoms with Crippen molar-refractivity contribution in [2.45, 2.75) is 103 Å². The molecule has 0 radical (unpaired) electrons. The summed E-state index contributed by atoms with van der Waals surface area (Å²) in [6.07, 6.45) is 0.128. The number of epoxide rings is 1. The quantitative estimate of drug-likeness (QED) is 0.392. The number of ketones is 1. The summed E-state index contributed by atoms with van der Waals surface area (Å²) in [4.78, 5) is 30.6. The average Bonchev–Trinajstić information content (AvgIpc) is 3.34. The maximum absolute atomic E-state index is 13.2. The van der Waals surface area contributed by atoms with Gasteiger partial charge in [-0.05, 0) is 43.8 Å². The highest BCUT2D eigenvalue weighted by atomic mass is 32.1. The Balaban J connectivity index is 1.89. The molecule has 2 saturated heterocycles. The number of nitrogens with two attached hydrogens (primary N) is 1. The molecule has 37 heavy (non-hydrogen) atoms. The van der Waals surface area contributed by atoms with Gasteiger partial charge in [-0.25, -0.2) is 4.98 Å². The van der Waals surface area contributed by atoms with Crippen LogP contribution in [-0.4, -0.2) is 57.0 Å². The summed E-state index contributed by atoms with van der Waals surface area (Å²) in [6.45, 7) is 8.85. The van der Waals surface area contributed by atoms with Gasteiger partial charge in [-0.1, -0.05) is 27.7 Å². The molecule has 204 valence electrons. The highest BCUT2D eigenvalue weighted by molar-refractivity contribution is 7.09. The summed E-state index contributed by atoms with van der Waals surface area (Å²) in [5.74, 6) is -1.89. The van der Waals surface area contributed by atoms with Gasteiger partial charge in [-0.15, -0.1) is 11.3 Å². The molecule has 9 nitrogen and oxygen atoms in total. The number of hydrogen-bond donors (Lipinski definition) is 3. The van der Waals surface area contributed by atoms with Crippen molar-refractivity contribution < 1.29 is 29.3 Å². The van der Waals surface area contributed by atoms with Crippen molar-refractivity contribution in [1.29, 1.82) is 5.26 Å². The van der Waals surface area contributed by atoms with E-state index in [1.54, 1.807) is 20.8 Å². The van der Waals surface area contributed by atoms with Crippen LogP contribution in [0.4, 0.5) is 0 Å². The Morgan fingerprint density at radius 1 is 1.35 bits per heavy atom. The van der Waals surface area contributed by atoms with Crippen molar-refractivity contribution in [2.75, 3.05) is 0 Å². The van der Waals surface area contributed by atoms with Crippen LogP contribution < -0.4 is 5.73 Å². The number of aliphatic hydroxyl groups excluding tert-OH is 2. The molecule has 10 heteroatoms. The first-order valence-corrected chi connectivity index (χ1v) is 13.7. The SMILES string of the molecule is CC(=Cc1csc(CN)n1)[C@@H]1CC2O[C@@]2(C#N)CCC[C@H](C)[C@H](O)[C@@H](C)C(=O)C(C)(C)[C@@H](O)CC(=O)O1. The minimum Gasteiger partial charge on any atom is -0.458 e. The number of cyclic esters (lactones) is 1. The van der Waals surface area contributed by atoms with E-state index in [0.717, 1.165) is 10.6 Å². The third kappa shape index (κ3) is 6.65. The normalized spacial score (nSPS) is 35.8. The van der Waals surface area contributed by atoms with Crippen molar-refractivity contribution in [3.8, 4) is 6.07 Å². The number of hydrogen-bond acceptors (Lipinski definition) is 10. The highest BCUT2D eigenvalue weighted by Crippen LogP contribution is 2.45. The zero-order valence-electron chi connectivity index (χ0n) is 22.3. The molecule has 4 N–H and O–H groups in total. The Bertz CT molecular complexity index is 1060. The van der Waals surface area contributed by atoms with Crippen molar-refractivity contribution in [2.24, 2.45) is 23.0 Å². The van der Waals surface area contributed by atoms with Crippen LogP contribution in [0, 0.1) is 28.6 Å². The number of ether oxygens (including phenoxy) is 2. The first-order chi connectivity index (χ1) is 17.3. The van der Waals surface area contributed by atoms with Gasteiger partial charge in [-0.3, -0.25) is 9.59 Å². The largest absolute Gasteiger partial charge is 0.458 e. The standard InChI is InChI=1S/C27H39N3O6S/c1-15-7-6-8-27(14-29)21(36-27)10-19(16(2)9-18-13-37-22(12-28)30-18)35-23(32)11-20(31)26(4,5)25(34)17(3)24(15)33/h9,13,15,17,19-21,24,31,33H,6-8,10-12,28H2,1-5H3/t15-,17+,19-,20-,21?,24-,27+/m0/s1. The van der Waals surface area contributed by atoms with E-state index < -0.39 is 47.3 Å². The molecule has 3 heterocycles. The molecular weight excluding hydrogens is 494 g/mol. The molecule has 1 aromatic heterocycles. The maximum atomic E-state index is 13.2. The zero-order chi connectivity index (χ0) is 27.5. The number of Topliss-reactive ketones (excluding diaryl/α,β-unsaturated/α-hetero) is 1. The minimum absolute atomic E-state index is 0.188. The number of carbonyl (C=O) groups is 2. The number of rotatable bonds is 3. The van der Waals surface area contributed by atoms with Gasteiger partial charge in [0.1, 0.15) is 29.1 Å². The average molecular weight is 534 g/mol. The number of carbonyl (C=O) groups excluding carboxylic acids is 2. The van der Waals surface area contributed by atoms with Gasteiger partial charge in [0.2, 0.25) is 0 Å². The monoisotopic (exact) mass is 533 g/mol. The Kier molecular flexibility index (Phi) is 9.30. The van der Waals surface area contributed by atoms with E-state index in [9.17, 15) is 25.1 Å². The van der Waals surface area contributed by atoms with Gasteiger partial charge in [0.25, 0.3) is 0 Å². The van der Waals surface area contributed by atoms with Crippen molar-refractivity contribution >= 4 is 29.2 Å². The lowest BCUT2D eigenvalue weighted by molar-refractivity contribution is -0.154. The van der Waals surface area contributed by atoms with E-state index >= 15 is 0 Å². The van der Waals surface area contributed by atoms with Gasteiger partial charge in [0, 0.05) is 24.3 Å². The van der Waals surface area contributed by atoms with Crippen LogP contribution in [0.1, 0.15) is 77.4 Å². The van der Waals surface area contributed by atoms with Crippen LogP contribution >= 0.6 is 11.3 Å². The smallest absolute Gasteiger partial charge is 0.309 e. The van der Waals surface area contributed by atoms with E-state index in [4.69, 9.17) is 15.2 Å². The van der Waals surface area contributed by atoms with Crippen LogP contribution in [0.15, 0.2) is 11.0 Å². The summed E-state index contributed by atoms with van der Waals surface area (Å²) < 4.78 is 11.6. The summed E-state index contributed by atoms with van der Waals surface area (Å²) >= 11 is 1.44. The lowest BCUT2D eigenvalue weighted by atomic mass is 9.73. The molecule has 0 aromatic carbocycles. The Hall–Kier alpha value is -2.16. The number of esters is 1. The van der Waals surface area contributed by atoms with Crippen molar-refractivity contribution in [1.82, 2.24) is 4.98 Å². The van der Waals surface area contributed by atoms with E-state index in [-0.39, 0.29) is 24.5 Å². The maximum Gasteiger partial charge on any atom is 0.309 e. The zero-order valence-corrected chi connectivity index (χ0v) is 23.1. The van der Waals surface area contributed by atoms with Gasteiger partial charge in [0.05, 0.1) is 29.7 Å². The topological polar surface area (TPSA) is 159 Å². The second-order valence-electron chi connectivity index (χ2n) is 11.0. The van der Waals surface area contributed by atoms with E-state index in [1.165, 1.54) is 11.3 Å². The van der Waals surface area contributed by atoms with Gasteiger partial charge < -0.3 is 25.4 Å². The predicted molar refractivity (Wildman–Crippen MR) is 139 cm³/mol. The first-order valence-electron chi connectivity index (χ1n) is 12.9. The molecule has 1 aromatic rings. The molecule has 0 amide bonds. The lowest BCUT2D eigenvalue weighted by Crippen LogP contribution is -2.45. The molecule has 0 saturated carbocycles. The molecule has 2 aliphatic rings. The van der Waals surface area contributed by atoms with E-state index in [2.05, 4.69) is 11.1 Å². The third-order valence-corrected chi connectivity index (χ3v) is 8.77. The predicted octanol–water partition coefficient (Wildman–Crippen LogP) is 3.13. The van der Waals surface area contributed by atoms with Gasteiger partial charge in [-0.2, -0.15) is 5.26 Å². The summed E-state index contributed by atoms with van der Waals surface area (Å²) in [6, 6.07) is 2.28. The Morgan fingerprint density at radius 3 is 2.68 bits per heavy atom. The van der Waals surface area contributed by atoms with E-state index in [1.807, 2.05) is 25.3 Å². The van der Waals surface area contributed by atoms with Gasteiger partial charge >= 0.3 is 5.97 Å². The van der Waals surface area contributed by atoms with Crippen LogP contribution in [-0.2, 0) is 25.6 Å². The van der Waals surface area contributed by atoms with Crippen molar-refractivity contribution in [3.63, 3.8) is 0 Å². The molecule has 0 aliphatic carbocycles. The molecule has 7 atom stereocenters. The number of thiazole rings is 1. The number of fused-ring (bicyclic) bond motifs is 1. The van der Waals surface area contributed by atoms with Gasteiger partial charge in [0.15, 0.2) is 5.60 Å². The summed E-state index contributed by atoms with van der Waals surface area (Å²) in [5, 5.41) is 34.2. The molecule has 0 spiro atoms. The second kappa shape index (κ2) is 11.7. The molecule has 2 aliphatic heterocycles. The van der Waals surface area contributed by atoms with E-state index in [0.29, 0.717) is 31.5 Å². The molecule has 1 unspecified atom stereocenters. The Labute approximate surface area is 222 Å². The number of nitriles is 1. The molecular formula is C27H39N3O6S. The summed E-state index contributed by atoms with van der Waals surface area (Å²) in [7, 11) is 0. The molecule has 2 fully saturated rings. The highest BCUT2D eigenvalue weighted by Gasteiger charge is 2.57. The fourth-order valence-corrected chi connectivity index (χ4v) is 5.67. The van der Waals surface area contributed by atoms with Crippen LogP contribution in [0.3, 0.4) is 0 Å². The summed E-state index contributed by atoms with van der Waals surface area (Å²) in [5.41, 5.74) is 4.86. The van der Waals surface area contributed by atoms with Crippen molar-refractivity contribution in [3.05, 3.63) is 21.7 Å². The number of nitrogens with zero attached hydrogens (tertiary/aromatic N) is 2. The number of aliphatic hydroxyl groups is 2. The minimum atomic E-state index is -1.30. The lowest BCUT2D eigenvalue weighted by Gasteiger charge is -2.34. The second-order valence-corrected chi connectivity index (χ2v) is 12.0. The number of aromatic nitrogens is 1. The fraction of sp³-hybridized carbons (Fsp3) is 0.704. The van der Waals surface area contributed by atoms with Crippen LogP contribution in [0.2, 0.25) is 0 Å².